The molecule has 19 nitrogen and oxygen atoms in total. The fourth-order valence-corrected chi connectivity index (χ4v) is 4.29. The van der Waals surface area contributed by atoms with E-state index in [1.54, 1.807) is 6.92 Å². The average molecular weight is 674 g/mol. The fourth-order valence-electron chi connectivity index (χ4n) is 4.29. The highest BCUT2D eigenvalue weighted by Crippen LogP contribution is 2.07. The maximum absolute atomic E-state index is 13.3. The Bertz CT molecular complexity index is 1040. The van der Waals surface area contributed by atoms with Crippen molar-refractivity contribution in [3.05, 3.63) is 0 Å². The molecule has 0 aliphatic carbocycles. The van der Waals surface area contributed by atoms with Crippen molar-refractivity contribution in [1.82, 2.24) is 37.2 Å². The number of carbonyl (C=O) groups is 7. The molecule has 0 rings (SSSR count). The molecule has 0 saturated heterocycles. The van der Waals surface area contributed by atoms with Crippen LogP contribution in [0.5, 0.6) is 0 Å². The van der Waals surface area contributed by atoms with Crippen molar-refractivity contribution >= 4 is 41.4 Å². The zero-order chi connectivity index (χ0) is 36.1. The summed E-state index contributed by atoms with van der Waals surface area (Å²) in [6.45, 7) is 6.06. The minimum absolute atomic E-state index is 0.0157. The molecule has 0 saturated carbocycles. The third kappa shape index (κ3) is 17.0. The fraction of sp³-hybridized carbons (Fsp3) is 0.750. The van der Waals surface area contributed by atoms with Gasteiger partial charge in [0.15, 0.2) is 0 Å². The molecule has 16 N–H and O–H groups in total. The average Bonchev–Trinajstić information content (AvgIpc) is 3.00. The molecule has 7 amide bonds. The molecule has 0 aliphatic heterocycles. The summed E-state index contributed by atoms with van der Waals surface area (Å²) >= 11 is 0. The number of aliphatic hydroxyl groups excluding tert-OH is 1. The topological polar surface area (TPSA) is 328 Å². The van der Waals surface area contributed by atoms with Crippen LogP contribution in [0.15, 0.2) is 0 Å². The van der Waals surface area contributed by atoms with Crippen LogP contribution in [0.25, 0.3) is 0 Å². The molecule has 0 bridgehead atoms. The maximum atomic E-state index is 13.3. The number of rotatable bonds is 23. The Morgan fingerprint density at radius 3 is 1.45 bits per heavy atom. The minimum Gasteiger partial charge on any atom is -0.391 e. The van der Waals surface area contributed by atoms with Crippen LogP contribution >= 0.6 is 0 Å². The highest BCUT2D eigenvalue weighted by molar-refractivity contribution is 5.96. The number of aliphatic hydroxyl groups is 1. The Balaban J connectivity index is 5.64. The lowest BCUT2D eigenvalue weighted by molar-refractivity contribution is -0.135. The first-order chi connectivity index (χ1) is 22.1. The van der Waals surface area contributed by atoms with Crippen molar-refractivity contribution in [3.8, 4) is 0 Å². The number of amides is 7. The molecule has 47 heavy (non-hydrogen) atoms. The Morgan fingerprint density at radius 2 is 1.02 bits per heavy atom. The van der Waals surface area contributed by atoms with E-state index in [0.29, 0.717) is 0 Å². The van der Waals surface area contributed by atoms with E-state index in [9.17, 15) is 38.7 Å². The van der Waals surface area contributed by atoms with Gasteiger partial charge in [0.05, 0.1) is 19.2 Å². The van der Waals surface area contributed by atoms with Gasteiger partial charge in [0, 0.05) is 6.54 Å². The molecular formula is C28H55N11O8. The van der Waals surface area contributed by atoms with Gasteiger partial charge >= 0.3 is 0 Å². The lowest BCUT2D eigenvalue weighted by Crippen LogP contribution is -2.60. The van der Waals surface area contributed by atoms with Crippen LogP contribution in [-0.4, -0.2) is 122 Å². The van der Waals surface area contributed by atoms with Crippen molar-refractivity contribution in [3.63, 3.8) is 0 Å². The van der Waals surface area contributed by atoms with Gasteiger partial charge < -0.3 is 65.3 Å². The van der Waals surface area contributed by atoms with E-state index >= 15 is 0 Å². The van der Waals surface area contributed by atoms with E-state index in [1.807, 2.05) is 13.8 Å². The van der Waals surface area contributed by atoms with Crippen LogP contribution in [-0.2, 0) is 33.6 Å². The normalized spacial score (nSPS) is 14.8. The molecule has 0 aromatic carbocycles. The number of hydrogen-bond acceptors (Lipinski definition) is 12. The van der Waals surface area contributed by atoms with Crippen LogP contribution in [0.4, 0.5) is 0 Å². The summed E-state index contributed by atoms with van der Waals surface area (Å²) in [5, 5.41) is 27.4. The Labute approximate surface area is 275 Å². The van der Waals surface area contributed by atoms with E-state index in [1.165, 1.54) is 6.92 Å². The molecule has 6 unspecified atom stereocenters. The van der Waals surface area contributed by atoms with Crippen LogP contribution in [0.3, 0.4) is 0 Å². The molecule has 19 heteroatoms. The van der Waals surface area contributed by atoms with Gasteiger partial charge in [0.25, 0.3) is 0 Å². The molecule has 6 atom stereocenters. The predicted molar refractivity (Wildman–Crippen MR) is 173 cm³/mol. The first-order valence-electron chi connectivity index (χ1n) is 15.7. The summed E-state index contributed by atoms with van der Waals surface area (Å²) in [7, 11) is 0. The first-order valence-corrected chi connectivity index (χ1v) is 15.7. The number of nitrogens with two attached hydrogens (primary N) is 4. The number of hydrogen-bond donors (Lipinski definition) is 12. The van der Waals surface area contributed by atoms with Gasteiger partial charge in [0.2, 0.25) is 41.4 Å². The number of carbonyl (C=O) groups excluding carboxylic acids is 7. The van der Waals surface area contributed by atoms with Crippen LogP contribution in [0.2, 0.25) is 0 Å². The maximum Gasteiger partial charge on any atom is 0.245 e. The van der Waals surface area contributed by atoms with Gasteiger partial charge in [-0.15, -0.1) is 0 Å². The predicted octanol–water partition coefficient (Wildman–Crippen LogP) is -5.91. The van der Waals surface area contributed by atoms with Gasteiger partial charge in [-0.05, 0) is 65.1 Å². The Kier molecular flexibility index (Phi) is 21.5. The van der Waals surface area contributed by atoms with E-state index in [2.05, 4.69) is 37.2 Å². The van der Waals surface area contributed by atoms with Gasteiger partial charge in [-0.3, -0.25) is 33.6 Å². The number of likely N-dealkylation sites (N-methyl/N-ethyl adjacent to an activating group) is 1. The second-order valence-corrected chi connectivity index (χ2v) is 11.3. The molecule has 0 heterocycles. The molecule has 270 valence electrons. The van der Waals surface area contributed by atoms with Gasteiger partial charge in [-0.1, -0.05) is 13.8 Å². The zero-order valence-corrected chi connectivity index (χ0v) is 27.7. The summed E-state index contributed by atoms with van der Waals surface area (Å²) in [6.07, 6.45) is -1.02. The second kappa shape index (κ2) is 23.4. The minimum atomic E-state index is -1.29. The van der Waals surface area contributed by atoms with Gasteiger partial charge in [-0.2, -0.15) is 0 Å². The third-order valence-electron chi connectivity index (χ3n) is 6.66. The summed E-state index contributed by atoms with van der Waals surface area (Å²) in [4.78, 5) is 88.7. The molecule has 0 spiro atoms. The van der Waals surface area contributed by atoms with E-state index in [-0.39, 0.29) is 64.3 Å². The standard InChI is InChI=1S/C28H55N11O8/c1-5-33-28(47)23(16(4)40)39-26(45)19(8-11-31)37-25(44)18(7-10-30)38-27(46)20(12-15(2)3)36-22(42)14-34-24(43)17(6-9-29)35-21(41)13-32/h15-20,23,40H,5-14,29-32H2,1-4H3,(H,33,47)(H,34,43)(H,35,41)(H,36,42)(H,37,44)(H,38,46)(H,39,45). The lowest BCUT2D eigenvalue weighted by Gasteiger charge is -2.27. The van der Waals surface area contributed by atoms with Crippen molar-refractivity contribution in [2.45, 2.75) is 89.7 Å². The van der Waals surface area contributed by atoms with Crippen LogP contribution < -0.4 is 60.2 Å². The van der Waals surface area contributed by atoms with Crippen molar-refractivity contribution in [2.24, 2.45) is 28.9 Å². The van der Waals surface area contributed by atoms with Crippen LogP contribution in [0, 0.1) is 5.92 Å². The Hall–Kier alpha value is -3.91. The Morgan fingerprint density at radius 1 is 0.574 bits per heavy atom. The van der Waals surface area contributed by atoms with Gasteiger partial charge in [-0.25, -0.2) is 0 Å². The van der Waals surface area contributed by atoms with E-state index in [0.717, 1.165) is 0 Å². The monoisotopic (exact) mass is 673 g/mol. The first kappa shape index (κ1) is 43.1. The molecule has 0 aromatic heterocycles. The lowest BCUT2D eigenvalue weighted by atomic mass is 10.0. The summed E-state index contributed by atoms with van der Waals surface area (Å²) in [5.74, 6) is -4.91. The molecule has 0 aromatic rings. The van der Waals surface area contributed by atoms with Crippen molar-refractivity contribution < 1.29 is 38.7 Å². The molecular weight excluding hydrogens is 618 g/mol. The molecule has 0 radical (unpaired) electrons. The summed E-state index contributed by atoms with van der Waals surface area (Å²) in [6, 6.07) is -5.85. The highest BCUT2D eigenvalue weighted by atomic mass is 16.3. The largest absolute Gasteiger partial charge is 0.391 e. The zero-order valence-electron chi connectivity index (χ0n) is 27.7. The third-order valence-corrected chi connectivity index (χ3v) is 6.66. The highest BCUT2D eigenvalue weighted by Gasteiger charge is 2.32. The van der Waals surface area contributed by atoms with E-state index in [4.69, 9.17) is 22.9 Å². The quantitative estimate of drug-likeness (QED) is 0.0482. The smallest absolute Gasteiger partial charge is 0.245 e. The number of nitrogens with one attached hydrogen (secondary N) is 7. The SMILES string of the molecule is CCNC(=O)C(NC(=O)C(CCN)NC(=O)C(CCN)NC(=O)C(CC(C)C)NC(=O)CNC(=O)C(CCN)NC(=O)CN)C(C)O. The van der Waals surface area contributed by atoms with Crippen molar-refractivity contribution in [1.29, 1.82) is 0 Å². The van der Waals surface area contributed by atoms with E-state index < -0.39 is 84.2 Å². The van der Waals surface area contributed by atoms with Gasteiger partial charge in [0.1, 0.15) is 30.2 Å². The van der Waals surface area contributed by atoms with Crippen molar-refractivity contribution in [2.75, 3.05) is 39.3 Å². The molecule has 0 fully saturated rings. The summed E-state index contributed by atoms with van der Waals surface area (Å²) in [5.41, 5.74) is 22.1. The summed E-state index contributed by atoms with van der Waals surface area (Å²) < 4.78 is 0. The molecule has 0 aliphatic rings. The van der Waals surface area contributed by atoms with Crippen LogP contribution in [0.1, 0.15) is 53.4 Å². The second-order valence-electron chi connectivity index (χ2n) is 11.3.